The molecule has 0 saturated carbocycles. The molecule has 0 bridgehead atoms. The van der Waals surface area contributed by atoms with Crippen molar-refractivity contribution in [3.8, 4) is 0 Å². The van der Waals surface area contributed by atoms with Crippen LogP contribution < -0.4 is 11.1 Å². The van der Waals surface area contributed by atoms with Crippen molar-refractivity contribution in [2.75, 3.05) is 6.54 Å². The van der Waals surface area contributed by atoms with Crippen molar-refractivity contribution in [1.82, 2.24) is 5.32 Å². The summed E-state index contributed by atoms with van der Waals surface area (Å²) in [4.78, 5) is 0. The van der Waals surface area contributed by atoms with Crippen molar-refractivity contribution < 1.29 is 0 Å². The highest BCUT2D eigenvalue weighted by Gasteiger charge is 2.16. The first-order valence-electron chi connectivity index (χ1n) is 2.71. The highest BCUT2D eigenvalue weighted by Crippen LogP contribution is 2.03. The van der Waals surface area contributed by atoms with E-state index in [2.05, 4.69) is 12.2 Å². The van der Waals surface area contributed by atoms with Gasteiger partial charge in [0.2, 0.25) is 0 Å². The van der Waals surface area contributed by atoms with Crippen molar-refractivity contribution in [3.05, 3.63) is 0 Å². The van der Waals surface area contributed by atoms with Crippen LogP contribution in [0.3, 0.4) is 0 Å². The van der Waals surface area contributed by atoms with E-state index in [9.17, 15) is 0 Å². The predicted molar refractivity (Wildman–Crippen MR) is 29.1 cm³/mol. The van der Waals surface area contributed by atoms with Crippen LogP contribution in [-0.4, -0.2) is 18.6 Å². The first kappa shape index (κ1) is 5.06. The highest BCUT2D eigenvalue weighted by molar-refractivity contribution is 4.79. The Bertz CT molecular complexity index is 55.1. The Hall–Kier alpha value is -0.0800. The zero-order chi connectivity index (χ0) is 5.28. The SMILES string of the molecule is CC1C[C@H](N)C[N]1. The molecule has 1 unspecified atom stereocenters. The van der Waals surface area contributed by atoms with Crippen molar-refractivity contribution in [2.45, 2.75) is 25.4 Å². The first-order valence-corrected chi connectivity index (χ1v) is 2.71. The summed E-state index contributed by atoms with van der Waals surface area (Å²) in [5, 5.41) is 4.19. The van der Waals surface area contributed by atoms with Crippen molar-refractivity contribution >= 4 is 0 Å². The molecule has 0 aromatic heterocycles. The van der Waals surface area contributed by atoms with E-state index in [0.29, 0.717) is 12.1 Å². The zero-order valence-electron chi connectivity index (χ0n) is 4.59. The van der Waals surface area contributed by atoms with Crippen LogP contribution in [0.25, 0.3) is 0 Å². The van der Waals surface area contributed by atoms with Gasteiger partial charge in [0.15, 0.2) is 0 Å². The van der Waals surface area contributed by atoms with Gasteiger partial charge in [0.25, 0.3) is 0 Å². The molecule has 2 N–H and O–H groups in total. The van der Waals surface area contributed by atoms with Gasteiger partial charge in [-0.1, -0.05) is 0 Å². The number of hydrogen-bond donors (Lipinski definition) is 1. The van der Waals surface area contributed by atoms with Crippen LogP contribution in [0.15, 0.2) is 0 Å². The summed E-state index contributed by atoms with van der Waals surface area (Å²) in [6.07, 6.45) is 1.08. The van der Waals surface area contributed by atoms with Gasteiger partial charge in [-0.05, 0) is 13.3 Å². The third-order valence-corrected chi connectivity index (χ3v) is 1.30. The minimum atomic E-state index is 0.356. The van der Waals surface area contributed by atoms with Crippen molar-refractivity contribution in [1.29, 1.82) is 0 Å². The first-order chi connectivity index (χ1) is 3.29. The van der Waals surface area contributed by atoms with Gasteiger partial charge >= 0.3 is 0 Å². The number of rotatable bonds is 0. The molecule has 2 atom stereocenters. The monoisotopic (exact) mass is 99.1 g/mol. The molecule has 0 aromatic carbocycles. The smallest absolute Gasteiger partial charge is 0.0289 e. The molecule has 1 aliphatic rings. The van der Waals surface area contributed by atoms with E-state index < -0.39 is 0 Å². The van der Waals surface area contributed by atoms with Crippen molar-refractivity contribution in [3.63, 3.8) is 0 Å². The van der Waals surface area contributed by atoms with E-state index >= 15 is 0 Å². The van der Waals surface area contributed by atoms with E-state index in [0.717, 1.165) is 13.0 Å². The molecule has 1 aliphatic heterocycles. The molecule has 1 radical (unpaired) electrons. The lowest BCUT2D eigenvalue weighted by Gasteiger charge is -1.94. The summed E-state index contributed by atoms with van der Waals surface area (Å²) in [5.74, 6) is 0. The van der Waals surface area contributed by atoms with Gasteiger partial charge in [0.05, 0.1) is 0 Å². The Kier molecular flexibility index (Phi) is 1.30. The van der Waals surface area contributed by atoms with Crippen LogP contribution in [0.5, 0.6) is 0 Å². The Balaban J connectivity index is 2.26. The van der Waals surface area contributed by atoms with E-state index in [-0.39, 0.29) is 0 Å². The minimum absolute atomic E-state index is 0.356. The average Bonchev–Trinajstić information content (AvgIpc) is 1.87. The lowest BCUT2D eigenvalue weighted by Crippen LogP contribution is -2.19. The van der Waals surface area contributed by atoms with Gasteiger partial charge in [0.1, 0.15) is 0 Å². The molecule has 2 nitrogen and oxygen atoms in total. The Labute approximate surface area is 44.1 Å². The molecule has 41 valence electrons. The summed E-state index contributed by atoms with van der Waals surface area (Å²) in [6.45, 7) is 2.98. The summed E-state index contributed by atoms with van der Waals surface area (Å²) in [5.41, 5.74) is 5.53. The van der Waals surface area contributed by atoms with Gasteiger partial charge in [-0.3, -0.25) is 0 Å². The van der Waals surface area contributed by atoms with Gasteiger partial charge in [0, 0.05) is 18.6 Å². The van der Waals surface area contributed by atoms with Crippen LogP contribution in [0.4, 0.5) is 0 Å². The molecular formula is C5H11N2. The molecule has 1 heterocycles. The summed E-state index contributed by atoms with van der Waals surface area (Å²) in [7, 11) is 0. The van der Waals surface area contributed by atoms with Crippen molar-refractivity contribution in [2.24, 2.45) is 5.73 Å². The predicted octanol–water partition coefficient (Wildman–Crippen LogP) is -0.290. The third-order valence-electron chi connectivity index (χ3n) is 1.30. The topological polar surface area (TPSA) is 40.1 Å². The maximum atomic E-state index is 5.53. The summed E-state index contributed by atoms with van der Waals surface area (Å²) >= 11 is 0. The summed E-state index contributed by atoms with van der Waals surface area (Å²) in [6, 6.07) is 0.880. The Morgan fingerprint density at radius 1 is 1.71 bits per heavy atom. The molecule has 1 saturated heterocycles. The maximum Gasteiger partial charge on any atom is 0.0289 e. The Morgan fingerprint density at radius 3 is 2.57 bits per heavy atom. The fraction of sp³-hybridized carbons (Fsp3) is 1.00. The molecule has 1 fully saturated rings. The van der Waals surface area contributed by atoms with E-state index in [1.165, 1.54) is 0 Å². The molecule has 0 aromatic rings. The lowest BCUT2D eigenvalue weighted by molar-refractivity contribution is 0.647. The highest BCUT2D eigenvalue weighted by atomic mass is 15.0. The van der Waals surface area contributed by atoms with Crippen LogP contribution in [0.2, 0.25) is 0 Å². The lowest BCUT2D eigenvalue weighted by atomic mass is 10.2. The maximum absolute atomic E-state index is 5.53. The molecule has 2 heteroatoms. The van der Waals surface area contributed by atoms with Crippen LogP contribution in [0, 0.1) is 0 Å². The zero-order valence-corrected chi connectivity index (χ0v) is 4.59. The van der Waals surface area contributed by atoms with Crippen LogP contribution >= 0.6 is 0 Å². The quantitative estimate of drug-likeness (QED) is 0.445. The second-order valence-corrected chi connectivity index (χ2v) is 2.21. The second kappa shape index (κ2) is 1.80. The number of nitrogens with two attached hydrogens (primary N) is 1. The van der Waals surface area contributed by atoms with Crippen LogP contribution in [-0.2, 0) is 0 Å². The largest absolute Gasteiger partial charge is 0.326 e. The normalized spacial score (nSPS) is 42.0. The number of hydrogen-bond acceptors (Lipinski definition) is 1. The van der Waals surface area contributed by atoms with E-state index in [1.54, 1.807) is 0 Å². The standard InChI is InChI=1S/C5H11N2/c1-4-2-5(6)3-7-4/h4-5H,2-3,6H2,1H3/t4?,5-/m0/s1. The van der Waals surface area contributed by atoms with Crippen LogP contribution in [0.1, 0.15) is 13.3 Å². The van der Waals surface area contributed by atoms with Gasteiger partial charge in [-0.2, -0.15) is 0 Å². The molecule has 1 rings (SSSR count). The minimum Gasteiger partial charge on any atom is -0.326 e. The molecule has 7 heavy (non-hydrogen) atoms. The van der Waals surface area contributed by atoms with E-state index in [4.69, 9.17) is 5.73 Å². The molecule has 0 aliphatic carbocycles. The van der Waals surface area contributed by atoms with E-state index in [1.807, 2.05) is 0 Å². The summed E-state index contributed by atoms with van der Waals surface area (Å²) < 4.78 is 0. The van der Waals surface area contributed by atoms with Gasteiger partial charge < -0.3 is 5.73 Å². The molecule has 0 spiro atoms. The second-order valence-electron chi connectivity index (χ2n) is 2.21. The third kappa shape index (κ3) is 1.14. The molecular weight excluding hydrogens is 88.1 g/mol. The average molecular weight is 99.2 g/mol. The molecule has 0 amide bonds. The van der Waals surface area contributed by atoms with Gasteiger partial charge in [-0.15, -0.1) is 0 Å². The van der Waals surface area contributed by atoms with Gasteiger partial charge in [-0.25, -0.2) is 5.32 Å². The fourth-order valence-corrected chi connectivity index (χ4v) is 0.903. The Morgan fingerprint density at radius 2 is 2.43 bits per heavy atom. The fourth-order valence-electron chi connectivity index (χ4n) is 0.903. The number of nitrogens with zero attached hydrogens (tertiary/aromatic N) is 1.